The number of fused-ring (bicyclic) bond motifs is 1. The van der Waals surface area contributed by atoms with Gasteiger partial charge in [-0.25, -0.2) is 14.5 Å². The summed E-state index contributed by atoms with van der Waals surface area (Å²) in [5.41, 5.74) is 1.36. The van der Waals surface area contributed by atoms with E-state index in [9.17, 15) is 15.2 Å². The molecule has 138 valence electrons. The summed E-state index contributed by atoms with van der Waals surface area (Å²) < 4.78 is 6.63. The van der Waals surface area contributed by atoms with Crippen molar-refractivity contribution in [1.82, 2.24) is 14.8 Å². The number of rotatable bonds is 3. The third kappa shape index (κ3) is 3.27. The minimum absolute atomic E-state index is 0.349. The highest BCUT2D eigenvalue weighted by molar-refractivity contribution is 5.93. The Hall–Kier alpha value is -3.60. The van der Waals surface area contributed by atoms with Crippen LogP contribution in [0.4, 0.5) is 10.5 Å². The molecule has 0 saturated carbocycles. The zero-order valence-electron chi connectivity index (χ0n) is 15.5. The molecule has 2 heterocycles. The van der Waals surface area contributed by atoms with Crippen molar-refractivity contribution in [2.24, 2.45) is 0 Å². The number of amides is 1. The van der Waals surface area contributed by atoms with Crippen molar-refractivity contribution in [3.8, 4) is 17.6 Å². The molecule has 0 spiro atoms. The predicted octanol–water partition coefficient (Wildman–Crippen LogP) is 3.58. The Bertz CT molecular complexity index is 1060. The summed E-state index contributed by atoms with van der Waals surface area (Å²) in [7, 11) is 1.51. The van der Waals surface area contributed by atoms with Crippen molar-refractivity contribution in [2.45, 2.75) is 26.3 Å². The molecule has 1 aromatic carbocycles. The summed E-state index contributed by atoms with van der Waals surface area (Å²) in [6.07, 6.45) is 0.513. The second kappa shape index (κ2) is 6.61. The van der Waals surface area contributed by atoms with E-state index in [1.165, 1.54) is 16.7 Å². The zero-order valence-corrected chi connectivity index (χ0v) is 15.5. The van der Waals surface area contributed by atoms with E-state index in [0.717, 1.165) is 0 Å². The topological polar surface area (TPSA) is 104 Å². The van der Waals surface area contributed by atoms with Gasteiger partial charge in [0.25, 0.3) is 0 Å². The summed E-state index contributed by atoms with van der Waals surface area (Å²) in [6.45, 7) is 5.44. The van der Waals surface area contributed by atoms with Crippen molar-refractivity contribution in [2.75, 3.05) is 12.0 Å². The number of methoxy groups -OCH3 is 1. The van der Waals surface area contributed by atoms with Crippen LogP contribution in [0.5, 0.6) is 5.88 Å². The Labute approximate surface area is 156 Å². The smallest absolute Gasteiger partial charge is 0.412 e. The lowest BCUT2D eigenvalue weighted by atomic mass is 10.0. The maximum Gasteiger partial charge on any atom is 0.412 e. The zero-order chi connectivity index (χ0) is 19.8. The number of pyridine rings is 1. The molecule has 1 amide bonds. The van der Waals surface area contributed by atoms with Crippen molar-refractivity contribution >= 4 is 22.7 Å². The number of hydrogen-bond acceptors (Lipinski definition) is 5. The molecule has 1 N–H and O–H groups in total. The van der Waals surface area contributed by atoms with Gasteiger partial charge in [0.05, 0.1) is 18.3 Å². The van der Waals surface area contributed by atoms with Gasteiger partial charge in [-0.2, -0.15) is 10.4 Å². The van der Waals surface area contributed by atoms with Gasteiger partial charge in [0.15, 0.2) is 5.69 Å². The number of benzene rings is 1. The number of ether oxygens (including phenoxy) is 1. The van der Waals surface area contributed by atoms with Crippen molar-refractivity contribution < 1.29 is 14.6 Å². The van der Waals surface area contributed by atoms with Crippen LogP contribution in [0.3, 0.4) is 0 Å². The SMILES string of the molecule is COc1cc(-n2nc3cc(N(C(=O)O)C(C)(C)C)ccc3c2C#N)ccn1. The van der Waals surface area contributed by atoms with Gasteiger partial charge in [0.1, 0.15) is 6.07 Å². The Morgan fingerprint density at radius 2 is 2.04 bits per heavy atom. The second-order valence-corrected chi connectivity index (χ2v) is 6.92. The number of aromatic nitrogens is 3. The third-order valence-electron chi connectivity index (χ3n) is 4.05. The molecule has 8 nitrogen and oxygen atoms in total. The van der Waals surface area contributed by atoms with Crippen molar-refractivity contribution in [3.63, 3.8) is 0 Å². The van der Waals surface area contributed by atoms with Gasteiger partial charge in [-0.3, -0.25) is 4.90 Å². The maximum absolute atomic E-state index is 11.7. The molecule has 0 unspecified atom stereocenters. The largest absolute Gasteiger partial charge is 0.481 e. The van der Waals surface area contributed by atoms with E-state index in [1.54, 1.807) is 36.5 Å². The second-order valence-electron chi connectivity index (χ2n) is 6.92. The minimum Gasteiger partial charge on any atom is -0.481 e. The molecule has 0 aliphatic rings. The van der Waals surface area contributed by atoms with E-state index >= 15 is 0 Å². The van der Waals surface area contributed by atoms with E-state index in [2.05, 4.69) is 16.2 Å². The first kappa shape index (κ1) is 18.2. The highest BCUT2D eigenvalue weighted by Gasteiger charge is 2.28. The number of nitrogens with zero attached hydrogens (tertiary/aromatic N) is 5. The van der Waals surface area contributed by atoms with Crippen LogP contribution >= 0.6 is 0 Å². The Morgan fingerprint density at radius 3 is 2.63 bits per heavy atom. The van der Waals surface area contributed by atoms with Gasteiger partial charge in [0.2, 0.25) is 5.88 Å². The number of nitriles is 1. The summed E-state index contributed by atoms with van der Waals surface area (Å²) in [4.78, 5) is 17.1. The molecule has 2 aromatic heterocycles. The Kier molecular flexibility index (Phi) is 4.45. The summed E-state index contributed by atoms with van der Waals surface area (Å²) in [5.74, 6) is 0.404. The Balaban J connectivity index is 2.19. The molecule has 27 heavy (non-hydrogen) atoms. The van der Waals surface area contributed by atoms with Crippen LogP contribution in [-0.2, 0) is 0 Å². The number of carbonyl (C=O) groups is 1. The molecule has 0 fully saturated rings. The van der Waals surface area contributed by atoms with Gasteiger partial charge >= 0.3 is 6.09 Å². The molecule has 0 aliphatic heterocycles. The van der Waals surface area contributed by atoms with E-state index in [-0.39, 0.29) is 0 Å². The third-order valence-corrected chi connectivity index (χ3v) is 4.05. The quantitative estimate of drug-likeness (QED) is 0.761. The number of hydrogen-bond donors (Lipinski definition) is 1. The lowest BCUT2D eigenvalue weighted by Crippen LogP contribution is -2.45. The molecule has 8 heteroatoms. The predicted molar refractivity (Wildman–Crippen MR) is 100 cm³/mol. The lowest BCUT2D eigenvalue weighted by Gasteiger charge is -2.33. The summed E-state index contributed by atoms with van der Waals surface area (Å²) >= 11 is 0. The normalized spacial score (nSPS) is 11.2. The number of anilines is 1. The van der Waals surface area contributed by atoms with Crippen LogP contribution in [0.25, 0.3) is 16.6 Å². The highest BCUT2D eigenvalue weighted by atomic mass is 16.5. The molecule has 3 aromatic rings. The Morgan fingerprint density at radius 1 is 1.30 bits per heavy atom. The monoisotopic (exact) mass is 365 g/mol. The van der Waals surface area contributed by atoms with E-state index in [1.807, 2.05) is 20.8 Å². The van der Waals surface area contributed by atoms with Crippen LogP contribution in [0.1, 0.15) is 26.5 Å². The first-order valence-electron chi connectivity index (χ1n) is 8.22. The molecule has 0 atom stereocenters. The molecule has 0 saturated heterocycles. The first-order valence-corrected chi connectivity index (χ1v) is 8.22. The van der Waals surface area contributed by atoms with Crippen LogP contribution in [0, 0.1) is 11.3 Å². The molecular weight excluding hydrogens is 346 g/mol. The maximum atomic E-state index is 11.7. The van der Waals surface area contributed by atoms with Gasteiger partial charge in [-0.15, -0.1) is 0 Å². The fraction of sp³-hybridized carbons (Fsp3) is 0.263. The van der Waals surface area contributed by atoms with Gasteiger partial charge in [0, 0.05) is 28.9 Å². The molecule has 0 radical (unpaired) electrons. The van der Waals surface area contributed by atoms with Crippen molar-refractivity contribution in [3.05, 3.63) is 42.2 Å². The van der Waals surface area contributed by atoms with E-state index in [0.29, 0.717) is 33.9 Å². The fourth-order valence-corrected chi connectivity index (χ4v) is 2.94. The molecule has 0 bridgehead atoms. The number of carboxylic acid groups (broad SMARTS) is 1. The van der Waals surface area contributed by atoms with E-state index < -0.39 is 11.6 Å². The molecule has 3 rings (SSSR count). The van der Waals surface area contributed by atoms with Crippen LogP contribution in [0.15, 0.2) is 36.5 Å². The lowest BCUT2D eigenvalue weighted by molar-refractivity contribution is 0.195. The van der Waals surface area contributed by atoms with Crippen LogP contribution < -0.4 is 9.64 Å². The average Bonchev–Trinajstić information content (AvgIpc) is 2.98. The summed E-state index contributed by atoms with van der Waals surface area (Å²) in [5, 5.41) is 24.4. The first-order chi connectivity index (χ1) is 12.8. The molecule has 0 aliphatic carbocycles. The van der Waals surface area contributed by atoms with Crippen LogP contribution in [0.2, 0.25) is 0 Å². The van der Waals surface area contributed by atoms with Crippen LogP contribution in [-0.4, -0.2) is 38.6 Å². The van der Waals surface area contributed by atoms with E-state index in [4.69, 9.17) is 4.74 Å². The molecular formula is C19H19N5O3. The van der Waals surface area contributed by atoms with Gasteiger partial charge < -0.3 is 9.84 Å². The van der Waals surface area contributed by atoms with Gasteiger partial charge in [-0.1, -0.05) is 0 Å². The highest BCUT2D eigenvalue weighted by Crippen LogP contribution is 2.30. The average molecular weight is 365 g/mol. The fourth-order valence-electron chi connectivity index (χ4n) is 2.94. The van der Waals surface area contributed by atoms with Crippen molar-refractivity contribution in [1.29, 1.82) is 5.26 Å². The minimum atomic E-state index is -1.05. The summed E-state index contributed by atoms with van der Waals surface area (Å²) in [6, 6.07) is 10.6. The van der Waals surface area contributed by atoms with Gasteiger partial charge in [-0.05, 0) is 45.0 Å². The standard InChI is InChI=1S/C19H19N5O3/c1-19(2,3)23(18(25)26)12-5-6-14-15(9-12)22-24(16(14)11-20)13-7-8-21-17(10-13)27-4/h5-10H,1-4H3,(H,25,26).